The Morgan fingerprint density at radius 2 is 2.80 bits per heavy atom. The molecule has 1 rings (SSSR count). The minimum atomic E-state index is -0.331. The molecule has 0 saturated carbocycles. The highest BCUT2D eigenvalue weighted by molar-refractivity contribution is 5.69. The van der Waals surface area contributed by atoms with E-state index in [0.29, 0.717) is 6.61 Å². The summed E-state index contributed by atoms with van der Waals surface area (Å²) in [5.41, 5.74) is 2.63. The monoisotopic (exact) mass is 139 g/mol. The molecule has 0 aromatic rings. The molecule has 1 atom stereocenters. The van der Waals surface area contributed by atoms with Crippen LogP contribution in [0.5, 0.6) is 0 Å². The lowest BCUT2D eigenvalue weighted by molar-refractivity contribution is 0.177. The van der Waals surface area contributed by atoms with Crippen LogP contribution >= 0.6 is 0 Å². The Morgan fingerprint density at radius 1 is 2.00 bits per heavy atom. The Balaban J connectivity index is 2.31. The number of ether oxygens (including phenoxy) is 1. The van der Waals surface area contributed by atoms with Crippen molar-refractivity contribution in [2.75, 3.05) is 6.61 Å². The molecule has 1 N–H and O–H groups in total. The minimum absolute atomic E-state index is 0.113. The number of amides is 1. The number of cyclic esters (lactones) is 1. The van der Waals surface area contributed by atoms with Crippen molar-refractivity contribution >= 4 is 6.09 Å². The Labute approximate surface area is 59.4 Å². The summed E-state index contributed by atoms with van der Waals surface area (Å²) in [6.45, 7) is 3.86. The van der Waals surface area contributed by atoms with Crippen molar-refractivity contribution in [3.8, 4) is 0 Å². The average Bonchev–Trinajstić information content (AvgIpc) is 2.31. The molecular formula is C7H9NO2. The Morgan fingerprint density at radius 3 is 3.30 bits per heavy atom. The number of hydrogen-bond donors (Lipinski definition) is 1. The molecule has 1 saturated heterocycles. The van der Waals surface area contributed by atoms with Gasteiger partial charge in [-0.3, -0.25) is 0 Å². The molecule has 1 heterocycles. The van der Waals surface area contributed by atoms with Crippen molar-refractivity contribution in [1.29, 1.82) is 0 Å². The molecule has 0 radical (unpaired) electrons. The maximum atomic E-state index is 10.4. The second-order valence-electron chi connectivity index (χ2n) is 2.08. The number of alkyl carbamates (subject to hydrolysis) is 1. The van der Waals surface area contributed by atoms with Crippen LogP contribution in [0.15, 0.2) is 18.4 Å². The molecule has 1 aliphatic rings. The van der Waals surface area contributed by atoms with Crippen LogP contribution in [0.3, 0.4) is 0 Å². The van der Waals surface area contributed by atoms with Crippen molar-refractivity contribution < 1.29 is 9.53 Å². The predicted octanol–water partition coefficient (Wildman–Crippen LogP) is 0.826. The predicted molar refractivity (Wildman–Crippen MR) is 36.6 cm³/mol. The maximum absolute atomic E-state index is 10.4. The maximum Gasteiger partial charge on any atom is 0.407 e. The lowest BCUT2D eigenvalue weighted by Gasteiger charge is -1.99. The highest BCUT2D eigenvalue weighted by atomic mass is 16.6. The van der Waals surface area contributed by atoms with E-state index in [2.05, 4.69) is 22.4 Å². The van der Waals surface area contributed by atoms with Crippen molar-refractivity contribution in [3.05, 3.63) is 18.4 Å². The van der Waals surface area contributed by atoms with E-state index in [1.165, 1.54) is 0 Å². The number of rotatable bonds is 2. The largest absolute Gasteiger partial charge is 0.447 e. The van der Waals surface area contributed by atoms with Crippen molar-refractivity contribution in [1.82, 2.24) is 5.32 Å². The summed E-state index contributed by atoms with van der Waals surface area (Å²) < 4.78 is 4.64. The van der Waals surface area contributed by atoms with Crippen molar-refractivity contribution in [2.45, 2.75) is 12.5 Å². The standard InChI is InChI=1S/C7H9NO2/c1-2-3-4-6-5-10-7(9)8-6/h3,6H,1,4-5H2,(H,8,9)/t6-/m1/s1. The van der Waals surface area contributed by atoms with E-state index in [0.717, 1.165) is 6.42 Å². The summed E-state index contributed by atoms with van der Waals surface area (Å²) in [5, 5.41) is 2.63. The summed E-state index contributed by atoms with van der Waals surface area (Å²) >= 11 is 0. The van der Waals surface area contributed by atoms with E-state index in [4.69, 9.17) is 0 Å². The lowest BCUT2D eigenvalue weighted by Crippen LogP contribution is -2.25. The van der Waals surface area contributed by atoms with Gasteiger partial charge < -0.3 is 10.1 Å². The average molecular weight is 139 g/mol. The van der Waals surface area contributed by atoms with Crippen molar-refractivity contribution in [3.63, 3.8) is 0 Å². The molecule has 1 fully saturated rings. The zero-order valence-corrected chi connectivity index (χ0v) is 5.59. The van der Waals surface area contributed by atoms with E-state index in [-0.39, 0.29) is 12.1 Å². The molecule has 0 aromatic heterocycles. The quantitative estimate of drug-likeness (QED) is 0.575. The minimum Gasteiger partial charge on any atom is -0.447 e. The molecule has 0 unspecified atom stereocenters. The molecule has 0 aromatic carbocycles. The second kappa shape index (κ2) is 3.08. The van der Waals surface area contributed by atoms with Gasteiger partial charge in [0, 0.05) is 0 Å². The van der Waals surface area contributed by atoms with Gasteiger partial charge in [0.05, 0.1) is 6.04 Å². The van der Waals surface area contributed by atoms with Crippen LogP contribution in [-0.4, -0.2) is 18.7 Å². The summed E-state index contributed by atoms with van der Waals surface area (Å²) in [6, 6.07) is 0.113. The molecule has 3 heteroatoms. The fourth-order valence-electron chi connectivity index (χ4n) is 0.779. The smallest absolute Gasteiger partial charge is 0.407 e. The molecular weight excluding hydrogens is 130 g/mol. The van der Waals surface area contributed by atoms with Crippen LogP contribution in [0, 0.1) is 0 Å². The molecule has 0 spiro atoms. The van der Waals surface area contributed by atoms with E-state index in [9.17, 15) is 4.79 Å². The SMILES string of the molecule is C=C=CC[C@@H]1COC(=O)N1. The molecule has 54 valence electrons. The first kappa shape index (κ1) is 6.90. The molecule has 3 nitrogen and oxygen atoms in total. The van der Waals surface area contributed by atoms with Gasteiger partial charge in [0.1, 0.15) is 6.61 Å². The van der Waals surface area contributed by atoms with Crippen LogP contribution in [0.4, 0.5) is 4.79 Å². The fraction of sp³-hybridized carbons (Fsp3) is 0.429. The van der Waals surface area contributed by atoms with Crippen LogP contribution in [0.2, 0.25) is 0 Å². The highest BCUT2D eigenvalue weighted by Crippen LogP contribution is 2.01. The number of carbonyl (C=O) groups excluding carboxylic acids is 1. The Kier molecular flexibility index (Phi) is 2.13. The second-order valence-corrected chi connectivity index (χ2v) is 2.08. The van der Waals surface area contributed by atoms with Gasteiger partial charge in [-0.25, -0.2) is 4.79 Å². The van der Waals surface area contributed by atoms with Crippen LogP contribution in [-0.2, 0) is 4.74 Å². The van der Waals surface area contributed by atoms with Gasteiger partial charge in [0.2, 0.25) is 0 Å². The first-order chi connectivity index (χ1) is 4.83. The Bertz CT molecular complexity index is 182. The molecule has 1 aliphatic heterocycles. The first-order valence-electron chi connectivity index (χ1n) is 3.10. The van der Waals surface area contributed by atoms with E-state index in [1.54, 1.807) is 6.08 Å². The van der Waals surface area contributed by atoms with Gasteiger partial charge in [0.25, 0.3) is 0 Å². The lowest BCUT2D eigenvalue weighted by atomic mass is 10.2. The Hall–Kier alpha value is -1.21. The molecule has 10 heavy (non-hydrogen) atoms. The van der Waals surface area contributed by atoms with Gasteiger partial charge in [-0.05, 0) is 12.5 Å². The van der Waals surface area contributed by atoms with Gasteiger partial charge in [0.15, 0.2) is 0 Å². The van der Waals surface area contributed by atoms with E-state index in [1.807, 2.05) is 0 Å². The van der Waals surface area contributed by atoms with Gasteiger partial charge in [-0.15, -0.1) is 5.73 Å². The molecule has 1 amide bonds. The summed E-state index contributed by atoms with van der Waals surface area (Å²) in [4.78, 5) is 10.4. The zero-order valence-electron chi connectivity index (χ0n) is 5.59. The van der Waals surface area contributed by atoms with E-state index >= 15 is 0 Å². The summed E-state index contributed by atoms with van der Waals surface area (Å²) in [7, 11) is 0. The topological polar surface area (TPSA) is 38.3 Å². The van der Waals surface area contributed by atoms with Crippen LogP contribution in [0.25, 0.3) is 0 Å². The van der Waals surface area contributed by atoms with Crippen LogP contribution in [0.1, 0.15) is 6.42 Å². The number of hydrogen-bond acceptors (Lipinski definition) is 2. The zero-order chi connectivity index (χ0) is 7.40. The van der Waals surface area contributed by atoms with Crippen molar-refractivity contribution in [2.24, 2.45) is 0 Å². The molecule has 0 bridgehead atoms. The third-order valence-corrected chi connectivity index (χ3v) is 1.28. The van der Waals surface area contributed by atoms with Gasteiger partial charge in [-0.2, -0.15) is 0 Å². The van der Waals surface area contributed by atoms with E-state index < -0.39 is 0 Å². The summed E-state index contributed by atoms with van der Waals surface area (Å²) in [5.74, 6) is 0. The third kappa shape index (κ3) is 1.64. The summed E-state index contributed by atoms with van der Waals surface area (Å²) in [6.07, 6.45) is 2.19. The normalized spacial score (nSPS) is 22.8. The fourth-order valence-corrected chi connectivity index (χ4v) is 0.779. The highest BCUT2D eigenvalue weighted by Gasteiger charge is 2.20. The van der Waals surface area contributed by atoms with Gasteiger partial charge >= 0.3 is 6.09 Å². The van der Waals surface area contributed by atoms with Crippen LogP contribution < -0.4 is 5.32 Å². The third-order valence-electron chi connectivity index (χ3n) is 1.28. The first-order valence-corrected chi connectivity index (χ1v) is 3.10. The van der Waals surface area contributed by atoms with Gasteiger partial charge in [-0.1, -0.05) is 6.58 Å². The molecule has 0 aliphatic carbocycles. The number of carbonyl (C=O) groups is 1. The number of nitrogens with one attached hydrogen (secondary N) is 1.